The Bertz CT molecular complexity index is 323. The lowest BCUT2D eigenvalue weighted by Gasteiger charge is -2.13. The van der Waals surface area contributed by atoms with E-state index in [2.05, 4.69) is 10.3 Å². The summed E-state index contributed by atoms with van der Waals surface area (Å²) >= 11 is 5.64. The number of carbonyl (C=O) groups excluding carboxylic acids is 1. The molecule has 0 fully saturated rings. The van der Waals surface area contributed by atoms with E-state index in [4.69, 9.17) is 16.7 Å². The van der Waals surface area contributed by atoms with Crippen molar-refractivity contribution in [2.75, 3.05) is 6.61 Å². The number of halogens is 1. The van der Waals surface area contributed by atoms with Crippen LogP contribution in [0.3, 0.4) is 0 Å². The molecule has 0 aliphatic rings. The minimum Gasteiger partial charge on any atom is -0.394 e. The molecule has 0 saturated heterocycles. The number of rotatable bonds is 4. The molecule has 15 heavy (non-hydrogen) atoms. The Balaban J connectivity index is 2.64. The molecule has 4 nitrogen and oxygen atoms in total. The maximum absolute atomic E-state index is 11.6. The Hall–Kier alpha value is -1.13. The van der Waals surface area contributed by atoms with Gasteiger partial charge in [-0.2, -0.15) is 0 Å². The zero-order valence-corrected chi connectivity index (χ0v) is 9.16. The van der Waals surface area contributed by atoms with Gasteiger partial charge >= 0.3 is 0 Å². The molecule has 5 heteroatoms. The molecule has 1 aromatic rings. The van der Waals surface area contributed by atoms with E-state index in [1.54, 1.807) is 12.1 Å². The van der Waals surface area contributed by atoms with Crippen LogP contribution in [0, 0.1) is 0 Å². The number of nitrogens with one attached hydrogen (secondary N) is 1. The summed E-state index contributed by atoms with van der Waals surface area (Å²) in [4.78, 5) is 15.4. The van der Waals surface area contributed by atoms with E-state index in [0.29, 0.717) is 17.1 Å². The van der Waals surface area contributed by atoms with Crippen LogP contribution in [0.15, 0.2) is 18.3 Å². The van der Waals surface area contributed by atoms with Crippen LogP contribution in [-0.4, -0.2) is 28.6 Å². The molecule has 0 unspecified atom stereocenters. The molecular formula is C10H13ClN2O2. The Kier molecular flexibility index (Phi) is 4.52. The van der Waals surface area contributed by atoms with Crippen molar-refractivity contribution in [1.29, 1.82) is 0 Å². The quantitative estimate of drug-likeness (QED) is 0.815. The van der Waals surface area contributed by atoms with Crippen LogP contribution in [0.1, 0.15) is 23.8 Å². The molecule has 0 radical (unpaired) electrons. The van der Waals surface area contributed by atoms with Crippen LogP contribution in [0.4, 0.5) is 0 Å². The van der Waals surface area contributed by atoms with Crippen molar-refractivity contribution < 1.29 is 9.90 Å². The maximum atomic E-state index is 11.6. The van der Waals surface area contributed by atoms with Gasteiger partial charge in [0.2, 0.25) is 0 Å². The molecular weight excluding hydrogens is 216 g/mol. The van der Waals surface area contributed by atoms with E-state index in [1.807, 2.05) is 6.92 Å². The Labute approximate surface area is 93.3 Å². The van der Waals surface area contributed by atoms with Gasteiger partial charge in [-0.3, -0.25) is 4.79 Å². The number of aromatic nitrogens is 1. The van der Waals surface area contributed by atoms with Crippen LogP contribution < -0.4 is 5.32 Å². The first-order chi connectivity index (χ1) is 7.17. The molecule has 1 rings (SSSR count). The number of hydrogen-bond donors (Lipinski definition) is 2. The van der Waals surface area contributed by atoms with Gasteiger partial charge in [0.15, 0.2) is 0 Å². The molecule has 82 valence electrons. The second-order valence-corrected chi connectivity index (χ2v) is 3.56. The summed E-state index contributed by atoms with van der Waals surface area (Å²) in [7, 11) is 0. The number of hydrogen-bond acceptors (Lipinski definition) is 3. The number of aliphatic hydroxyl groups excluding tert-OH is 1. The number of amides is 1. The number of pyridine rings is 1. The molecule has 1 heterocycles. The van der Waals surface area contributed by atoms with Crippen molar-refractivity contribution in [1.82, 2.24) is 10.3 Å². The van der Waals surface area contributed by atoms with E-state index in [1.165, 1.54) is 6.20 Å². The molecule has 1 aromatic heterocycles. The second-order valence-electron chi connectivity index (χ2n) is 3.12. The van der Waals surface area contributed by atoms with Crippen LogP contribution >= 0.6 is 11.6 Å². The lowest BCUT2D eigenvalue weighted by atomic mass is 10.2. The highest BCUT2D eigenvalue weighted by molar-refractivity contribution is 6.30. The Morgan fingerprint density at radius 1 is 1.67 bits per heavy atom. The normalized spacial score (nSPS) is 12.2. The predicted octanol–water partition coefficient (Wildman–Crippen LogP) is 1.24. The van der Waals surface area contributed by atoms with Crippen molar-refractivity contribution in [2.24, 2.45) is 0 Å². The molecule has 0 spiro atoms. The van der Waals surface area contributed by atoms with Gasteiger partial charge in [0.25, 0.3) is 5.91 Å². The summed E-state index contributed by atoms with van der Waals surface area (Å²) < 4.78 is 0. The van der Waals surface area contributed by atoms with Gasteiger partial charge in [0.1, 0.15) is 5.69 Å². The van der Waals surface area contributed by atoms with Gasteiger partial charge in [0.05, 0.1) is 17.7 Å². The van der Waals surface area contributed by atoms with Gasteiger partial charge in [-0.1, -0.05) is 18.5 Å². The van der Waals surface area contributed by atoms with Crippen LogP contribution in [0.25, 0.3) is 0 Å². The van der Waals surface area contributed by atoms with Crippen molar-refractivity contribution >= 4 is 17.5 Å². The second kappa shape index (κ2) is 5.68. The fraction of sp³-hybridized carbons (Fsp3) is 0.400. The fourth-order valence-electron chi connectivity index (χ4n) is 1.05. The third kappa shape index (κ3) is 3.49. The van der Waals surface area contributed by atoms with Crippen LogP contribution in [0.5, 0.6) is 0 Å². The van der Waals surface area contributed by atoms with E-state index < -0.39 is 0 Å². The van der Waals surface area contributed by atoms with Crippen LogP contribution in [0.2, 0.25) is 5.02 Å². The van der Waals surface area contributed by atoms with Crippen molar-refractivity contribution in [3.63, 3.8) is 0 Å². The van der Waals surface area contributed by atoms with Gasteiger partial charge < -0.3 is 10.4 Å². The average Bonchev–Trinajstić information content (AvgIpc) is 2.26. The highest BCUT2D eigenvalue weighted by Crippen LogP contribution is 2.06. The number of nitrogens with zero attached hydrogens (tertiary/aromatic N) is 1. The van der Waals surface area contributed by atoms with Gasteiger partial charge in [-0.05, 0) is 18.6 Å². The monoisotopic (exact) mass is 228 g/mol. The first-order valence-electron chi connectivity index (χ1n) is 4.70. The predicted molar refractivity (Wildman–Crippen MR) is 57.9 cm³/mol. The van der Waals surface area contributed by atoms with E-state index in [9.17, 15) is 4.79 Å². The smallest absolute Gasteiger partial charge is 0.270 e. The molecule has 1 amide bonds. The summed E-state index contributed by atoms with van der Waals surface area (Å²) in [5, 5.41) is 12.1. The Morgan fingerprint density at radius 3 is 2.87 bits per heavy atom. The topological polar surface area (TPSA) is 62.2 Å². The maximum Gasteiger partial charge on any atom is 0.270 e. The third-order valence-corrected chi connectivity index (χ3v) is 2.23. The number of carbonyl (C=O) groups is 1. The standard InChI is InChI=1S/C10H13ClN2O2/c1-2-8(6-14)13-10(15)9-4-3-7(11)5-12-9/h3-5,8,14H,2,6H2,1H3,(H,13,15)/t8-/m0/s1. The summed E-state index contributed by atoms with van der Waals surface area (Å²) in [6, 6.07) is 2.92. The first kappa shape index (κ1) is 11.9. The first-order valence-corrected chi connectivity index (χ1v) is 5.08. The molecule has 0 aliphatic carbocycles. The molecule has 0 bridgehead atoms. The summed E-state index contributed by atoms with van der Waals surface area (Å²) in [6.07, 6.45) is 2.09. The van der Waals surface area contributed by atoms with Crippen molar-refractivity contribution in [2.45, 2.75) is 19.4 Å². The number of aliphatic hydroxyl groups is 1. The molecule has 0 aliphatic heterocycles. The molecule has 0 saturated carbocycles. The van der Waals surface area contributed by atoms with Crippen LogP contribution in [-0.2, 0) is 0 Å². The summed E-state index contributed by atoms with van der Waals surface area (Å²) in [5.74, 6) is -0.299. The lowest BCUT2D eigenvalue weighted by Crippen LogP contribution is -2.37. The highest BCUT2D eigenvalue weighted by Gasteiger charge is 2.11. The SMILES string of the molecule is CC[C@@H](CO)NC(=O)c1ccc(Cl)cn1. The summed E-state index contributed by atoms with van der Waals surface area (Å²) in [6.45, 7) is 1.81. The molecule has 1 atom stereocenters. The van der Waals surface area contributed by atoms with Crippen molar-refractivity contribution in [3.8, 4) is 0 Å². The zero-order valence-electron chi connectivity index (χ0n) is 8.40. The van der Waals surface area contributed by atoms with E-state index in [-0.39, 0.29) is 18.6 Å². The largest absolute Gasteiger partial charge is 0.394 e. The van der Waals surface area contributed by atoms with Gasteiger partial charge in [-0.15, -0.1) is 0 Å². The molecule has 2 N–H and O–H groups in total. The van der Waals surface area contributed by atoms with Gasteiger partial charge in [0, 0.05) is 6.20 Å². The van der Waals surface area contributed by atoms with Gasteiger partial charge in [-0.25, -0.2) is 4.98 Å². The zero-order chi connectivity index (χ0) is 11.3. The average molecular weight is 229 g/mol. The lowest BCUT2D eigenvalue weighted by molar-refractivity contribution is 0.0910. The molecule has 0 aromatic carbocycles. The third-order valence-electron chi connectivity index (χ3n) is 2.01. The highest BCUT2D eigenvalue weighted by atomic mass is 35.5. The van der Waals surface area contributed by atoms with Crippen molar-refractivity contribution in [3.05, 3.63) is 29.0 Å². The summed E-state index contributed by atoms with van der Waals surface area (Å²) in [5.41, 5.74) is 0.298. The van der Waals surface area contributed by atoms with E-state index >= 15 is 0 Å². The minimum atomic E-state index is -0.299. The minimum absolute atomic E-state index is 0.0736. The fourth-order valence-corrected chi connectivity index (χ4v) is 1.16. The Morgan fingerprint density at radius 2 is 2.40 bits per heavy atom. The van der Waals surface area contributed by atoms with E-state index in [0.717, 1.165) is 0 Å².